The molecule has 1 N–H and O–H groups in total. The van der Waals surface area contributed by atoms with Gasteiger partial charge in [-0.25, -0.2) is 0 Å². The molecule has 178 valence electrons. The first-order chi connectivity index (χ1) is 14.4. The van der Waals surface area contributed by atoms with Crippen molar-refractivity contribution in [2.24, 2.45) is 55.9 Å². The molecule has 0 bridgehead atoms. The zero-order valence-electron chi connectivity index (χ0n) is 21.5. The lowest BCUT2D eigenvalue weighted by molar-refractivity contribution is -0.240. The van der Waals surface area contributed by atoms with Gasteiger partial charge in [0.2, 0.25) is 0 Å². The fraction of sp³-hybridized carbons (Fsp3) is 1.00. The van der Waals surface area contributed by atoms with Crippen molar-refractivity contribution in [3.8, 4) is 0 Å². The van der Waals surface area contributed by atoms with Crippen LogP contribution in [0.2, 0.25) is 0 Å². The number of fused-ring (bicyclic) bond motifs is 5. The lowest BCUT2D eigenvalue weighted by atomic mass is 9.32. The van der Waals surface area contributed by atoms with Gasteiger partial charge in [-0.1, -0.05) is 60.1 Å². The van der Waals surface area contributed by atoms with Gasteiger partial charge in [-0.3, -0.25) is 0 Å². The lowest BCUT2D eigenvalue weighted by Gasteiger charge is -2.72. The molecule has 8 unspecified atom stereocenters. The highest BCUT2D eigenvalue weighted by Gasteiger charge is 2.69. The molecule has 4 aliphatic rings. The predicted molar refractivity (Wildman–Crippen MR) is 129 cm³/mol. The average Bonchev–Trinajstić information content (AvgIpc) is 2.71. The van der Waals surface area contributed by atoms with E-state index in [4.69, 9.17) is 0 Å². The van der Waals surface area contributed by atoms with E-state index in [1.54, 1.807) is 0 Å². The first-order valence-electron chi connectivity index (χ1n) is 13.4. The van der Waals surface area contributed by atoms with Crippen LogP contribution in [0.3, 0.4) is 0 Å². The first-order valence-corrected chi connectivity index (χ1v) is 13.4. The molecule has 4 saturated carbocycles. The number of rotatable bonds is 4. The molecule has 31 heavy (non-hydrogen) atoms. The fourth-order valence-corrected chi connectivity index (χ4v) is 10.5. The number of nitroso groups, excluding NO2 is 1. The van der Waals surface area contributed by atoms with Gasteiger partial charge in [0.05, 0.1) is 6.04 Å². The third kappa shape index (κ3) is 3.00. The van der Waals surface area contributed by atoms with Gasteiger partial charge < -0.3 is 5.11 Å². The van der Waals surface area contributed by atoms with E-state index in [1.165, 1.54) is 57.8 Å². The molecule has 0 amide bonds. The summed E-state index contributed by atoms with van der Waals surface area (Å²) in [4.78, 5) is 11.7. The van der Waals surface area contributed by atoms with E-state index in [0.29, 0.717) is 34.7 Å². The van der Waals surface area contributed by atoms with Crippen LogP contribution in [0.15, 0.2) is 5.18 Å². The fourth-order valence-electron chi connectivity index (χ4n) is 10.5. The van der Waals surface area contributed by atoms with E-state index in [1.807, 2.05) is 0 Å². The molecule has 3 nitrogen and oxygen atoms in total. The molecule has 4 rings (SSSR count). The van der Waals surface area contributed by atoms with Gasteiger partial charge in [0.25, 0.3) is 0 Å². The molecule has 4 aliphatic carbocycles. The Morgan fingerprint density at radius 3 is 2.16 bits per heavy atom. The second-order valence-electron chi connectivity index (χ2n) is 13.9. The van der Waals surface area contributed by atoms with Crippen LogP contribution in [0.5, 0.6) is 0 Å². The van der Waals surface area contributed by atoms with Crippen LogP contribution in [0, 0.1) is 55.7 Å². The largest absolute Gasteiger partial charge is 0.396 e. The molecule has 0 saturated heterocycles. The monoisotopic (exact) mass is 431 g/mol. The number of aliphatic hydroxyl groups excluding tert-OH is 1. The minimum Gasteiger partial charge on any atom is -0.396 e. The van der Waals surface area contributed by atoms with Gasteiger partial charge in [-0.15, -0.1) is 0 Å². The van der Waals surface area contributed by atoms with Gasteiger partial charge >= 0.3 is 0 Å². The summed E-state index contributed by atoms with van der Waals surface area (Å²) >= 11 is 0. The van der Waals surface area contributed by atoms with Crippen LogP contribution >= 0.6 is 0 Å². The summed E-state index contributed by atoms with van der Waals surface area (Å²) in [5, 5.41) is 14.0. The Morgan fingerprint density at radius 1 is 0.839 bits per heavy atom. The van der Waals surface area contributed by atoms with Crippen LogP contribution in [0.4, 0.5) is 0 Å². The first kappa shape index (κ1) is 23.7. The van der Waals surface area contributed by atoms with Crippen molar-refractivity contribution in [3.05, 3.63) is 4.91 Å². The second-order valence-corrected chi connectivity index (χ2v) is 13.9. The molecule has 4 fully saturated rings. The average molecular weight is 432 g/mol. The molecule has 0 aromatic heterocycles. The molecule has 0 heterocycles. The third-order valence-corrected chi connectivity index (χ3v) is 12.6. The standard InChI is InChI=1S/C28H49NO2/c1-8-9-19-20-10-11-22-26(5)14-13-23(29-31)24(2,3)21(26)12-15-28(22,7)27(20,6)17-16-25(19,4)18-30/h19-23,30H,8-18H2,1-7H3/t19?,20?,21?,22?,23?,25?,26?,27-,28?/m1/s1. The summed E-state index contributed by atoms with van der Waals surface area (Å²) in [5.74, 6) is 2.73. The molecule has 0 aromatic rings. The normalized spacial score (nSPS) is 53.7. The predicted octanol–water partition coefficient (Wildman–Crippen LogP) is 7.61. The zero-order valence-corrected chi connectivity index (χ0v) is 21.5. The Bertz CT molecular complexity index is 705. The van der Waals surface area contributed by atoms with E-state index < -0.39 is 0 Å². The number of aliphatic hydroxyl groups is 1. The highest BCUT2D eigenvalue weighted by atomic mass is 16.3. The van der Waals surface area contributed by atoms with Crippen LogP contribution in [0.25, 0.3) is 0 Å². The van der Waals surface area contributed by atoms with Crippen LogP contribution < -0.4 is 0 Å². The van der Waals surface area contributed by atoms with Crippen LogP contribution in [-0.4, -0.2) is 17.8 Å². The summed E-state index contributed by atoms with van der Waals surface area (Å²) in [6.07, 6.45) is 12.3. The molecular formula is C28H49NO2. The van der Waals surface area contributed by atoms with Crippen molar-refractivity contribution in [1.29, 1.82) is 0 Å². The van der Waals surface area contributed by atoms with E-state index in [0.717, 1.165) is 18.3 Å². The minimum absolute atomic E-state index is 0.0145. The highest BCUT2D eigenvalue weighted by molar-refractivity contribution is 5.18. The SMILES string of the molecule is CCCC1C2CCC3C4(C)CCC(N=O)C(C)(C)C4CCC3(C)[C@]2(C)CCC1(C)CO. The number of hydrogen-bond donors (Lipinski definition) is 1. The van der Waals surface area contributed by atoms with E-state index in [9.17, 15) is 10.0 Å². The van der Waals surface area contributed by atoms with E-state index in [-0.39, 0.29) is 16.9 Å². The Hall–Kier alpha value is -0.440. The topological polar surface area (TPSA) is 49.7 Å². The van der Waals surface area contributed by atoms with Crippen molar-refractivity contribution in [2.75, 3.05) is 6.61 Å². The molecule has 0 aliphatic heterocycles. The van der Waals surface area contributed by atoms with Gasteiger partial charge in [0.15, 0.2) is 0 Å². The summed E-state index contributed by atoms with van der Waals surface area (Å²) in [6.45, 7) is 17.6. The maximum atomic E-state index is 11.7. The van der Waals surface area contributed by atoms with Crippen molar-refractivity contribution >= 4 is 0 Å². The van der Waals surface area contributed by atoms with E-state index >= 15 is 0 Å². The summed E-state index contributed by atoms with van der Waals surface area (Å²) in [5.41, 5.74) is 1.16. The minimum atomic E-state index is -0.0178. The maximum Gasteiger partial charge on any atom is 0.0973 e. The Morgan fingerprint density at radius 2 is 1.55 bits per heavy atom. The number of hydrogen-bond acceptors (Lipinski definition) is 3. The van der Waals surface area contributed by atoms with Crippen molar-refractivity contribution in [1.82, 2.24) is 0 Å². The summed E-state index contributed by atoms with van der Waals surface area (Å²) < 4.78 is 0. The van der Waals surface area contributed by atoms with Gasteiger partial charge in [0.1, 0.15) is 0 Å². The van der Waals surface area contributed by atoms with Crippen LogP contribution in [0.1, 0.15) is 113 Å². The smallest absolute Gasteiger partial charge is 0.0973 e. The summed E-state index contributed by atoms with van der Waals surface area (Å²) in [6, 6.07) is -0.0178. The quantitative estimate of drug-likeness (QED) is 0.466. The Balaban J connectivity index is 1.72. The molecule has 9 atom stereocenters. The third-order valence-electron chi connectivity index (χ3n) is 12.6. The van der Waals surface area contributed by atoms with Crippen molar-refractivity contribution < 1.29 is 5.11 Å². The van der Waals surface area contributed by atoms with Crippen molar-refractivity contribution in [2.45, 2.75) is 119 Å². The molecule has 0 spiro atoms. The molecule has 0 radical (unpaired) electrons. The second kappa shape index (κ2) is 7.54. The van der Waals surface area contributed by atoms with Gasteiger partial charge in [-0.05, 0) is 109 Å². The maximum absolute atomic E-state index is 11.7. The Labute approximate surface area is 191 Å². The van der Waals surface area contributed by atoms with Gasteiger partial charge in [0, 0.05) is 6.61 Å². The number of nitrogens with zero attached hydrogens (tertiary/aromatic N) is 1. The van der Waals surface area contributed by atoms with E-state index in [2.05, 4.69) is 53.6 Å². The molecule has 0 aromatic carbocycles. The zero-order chi connectivity index (χ0) is 22.9. The summed E-state index contributed by atoms with van der Waals surface area (Å²) in [7, 11) is 0. The molecular weight excluding hydrogens is 382 g/mol. The highest BCUT2D eigenvalue weighted by Crippen LogP contribution is 2.75. The van der Waals surface area contributed by atoms with Gasteiger partial charge in [-0.2, -0.15) is 4.91 Å². The molecule has 3 heteroatoms. The Kier molecular flexibility index (Phi) is 5.76. The lowest BCUT2D eigenvalue weighted by Crippen LogP contribution is -2.66. The van der Waals surface area contributed by atoms with Crippen molar-refractivity contribution in [3.63, 3.8) is 0 Å². The van der Waals surface area contributed by atoms with Crippen LogP contribution in [-0.2, 0) is 0 Å².